The predicted octanol–water partition coefficient (Wildman–Crippen LogP) is 1.21. The van der Waals surface area contributed by atoms with Crippen molar-refractivity contribution in [1.82, 2.24) is 0 Å². The van der Waals surface area contributed by atoms with E-state index in [1.165, 1.54) is 0 Å². The summed E-state index contributed by atoms with van der Waals surface area (Å²) >= 11 is 0. The molecular formula is C6H9O. The summed E-state index contributed by atoms with van der Waals surface area (Å²) in [4.78, 5) is 0. The maximum atomic E-state index is 4.96. The first-order valence-corrected chi connectivity index (χ1v) is 2.20. The Bertz CT molecular complexity index is 70.7. The van der Waals surface area contributed by atoms with E-state index in [0.717, 1.165) is 0 Å². The van der Waals surface area contributed by atoms with Crippen molar-refractivity contribution in [2.45, 2.75) is 20.0 Å². The molecule has 1 heteroatoms. The lowest BCUT2D eigenvalue weighted by Gasteiger charge is -1.99. The molecule has 0 aromatic rings. The van der Waals surface area contributed by atoms with Gasteiger partial charge in [0.2, 0.25) is 0 Å². The molecule has 0 fully saturated rings. The number of terminal acetylenes is 1. The number of rotatable bonds is 2. The Balaban J connectivity index is 3.04. The first-order chi connectivity index (χ1) is 3.31. The van der Waals surface area contributed by atoms with Gasteiger partial charge in [0.05, 0.1) is 6.61 Å². The second kappa shape index (κ2) is 3.70. The quantitative estimate of drug-likeness (QED) is 0.470. The van der Waals surface area contributed by atoms with Crippen LogP contribution in [0.5, 0.6) is 0 Å². The van der Waals surface area contributed by atoms with Crippen LogP contribution in [0.25, 0.3) is 0 Å². The molecule has 0 amide bonds. The fourth-order valence-electron chi connectivity index (χ4n) is 0.243. The van der Waals surface area contributed by atoms with E-state index in [2.05, 4.69) is 5.92 Å². The molecule has 0 aromatic carbocycles. The smallest absolute Gasteiger partial charge is 0.115 e. The average molecular weight is 97.1 g/mol. The number of hydrogen-bond acceptors (Lipinski definition) is 1. The van der Waals surface area contributed by atoms with E-state index < -0.39 is 0 Å². The van der Waals surface area contributed by atoms with Gasteiger partial charge in [-0.2, -0.15) is 0 Å². The fraction of sp³-hybridized carbons (Fsp3) is 0.500. The van der Waals surface area contributed by atoms with Gasteiger partial charge in [0.25, 0.3) is 0 Å². The van der Waals surface area contributed by atoms with Crippen molar-refractivity contribution >= 4 is 0 Å². The molecule has 0 aliphatic carbocycles. The zero-order valence-electron chi connectivity index (χ0n) is 4.64. The summed E-state index contributed by atoms with van der Waals surface area (Å²) in [6, 6.07) is 0. The largest absolute Gasteiger partial charge is 0.360 e. The normalized spacial score (nSPS) is 12.7. The summed E-state index contributed by atoms with van der Waals surface area (Å²) in [5.74, 6) is 2.41. The number of ether oxygens (including phenoxy) is 1. The lowest BCUT2D eigenvalue weighted by atomic mass is 10.4. The van der Waals surface area contributed by atoms with Crippen molar-refractivity contribution in [1.29, 1.82) is 0 Å². The molecule has 0 N–H and O–H groups in total. The molecule has 0 rings (SSSR count). The second-order valence-corrected chi connectivity index (χ2v) is 1.18. The van der Waals surface area contributed by atoms with Crippen molar-refractivity contribution in [3.63, 3.8) is 0 Å². The molecule has 0 aliphatic heterocycles. The van der Waals surface area contributed by atoms with E-state index in [1.54, 1.807) is 13.5 Å². The molecule has 0 saturated carbocycles. The van der Waals surface area contributed by atoms with Gasteiger partial charge in [-0.05, 0) is 13.8 Å². The van der Waals surface area contributed by atoms with Crippen LogP contribution in [0.4, 0.5) is 0 Å². The van der Waals surface area contributed by atoms with E-state index in [0.29, 0.717) is 0 Å². The lowest BCUT2D eigenvalue weighted by molar-refractivity contribution is 0.170. The molecule has 7 heavy (non-hydrogen) atoms. The molecule has 0 spiro atoms. The molecule has 1 radical (unpaired) electrons. The van der Waals surface area contributed by atoms with Gasteiger partial charge in [-0.25, -0.2) is 0 Å². The van der Waals surface area contributed by atoms with Crippen LogP contribution >= 0.6 is 0 Å². The van der Waals surface area contributed by atoms with Gasteiger partial charge in [-0.3, -0.25) is 0 Å². The summed E-state index contributed by atoms with van der Waals surface area (Å²) in [7, 11) is 0. The second-order valence-electron chi connectivity index (χ2n) is 1.18. The van der Waals surface area contributed by atoms with Gasteiger partial charge in [-0.15, -0.1) is 6.42 Å². The van der Waals surface area contributed by atoms with Crippen LogP contribution in [0.3, 0.4) is 0 Å². The van der Waals surface area contributed by atoms with Crippen molar-refractivity contribution in [2.75, 3.05) is 0 Å². The highest BCUT2D eigenvalue weighted by atomic mass is 16.5. The van der Waals surface area contributed by atoms with Crippen molar-refractivity contribution in [3.05, 3.63) is 6.61 Å². The summed E-state index contributed by atoms with van der Waals surface area (Å²) in [5.41, 5.74) is 0. The molecule has 1 unspecified atom stereocenters. The van der Waals surface area contributed by atoms with Crippen LogP contribution < -0.4 is 0 Å². The highest BCUT2D eigenvalue weighted by Crippen LogP contribution is 1.87. The summed E-state index contributed by atoms with van der Waals surface area (Å²) in [6.45, 7) is 5.21. The van der Waals surface area contributed by atoms with Gasteiger partial charge in [0.1, 0.15) is 6.10 Å². The minimum Gasteiger partial charge on any atom is -0.360 e. The Morgan fingerprint density at radius 2 is 2.43 bits per heavy atom. The maximum Gasteiger partial charge on any atom is 0.115 e. The zero-order valence-corrected chi connectivity index (χ0v) is 4.64. The van der Waals surface area contributed by atoms with Crippen molar-refractivity contribution < 1.29 is 4.74 Å². The third kappa shape index (κ3) is 3.35. The molecule has 0 aliphatic rings. The maximum absolute atomic E-state index is 4.96. The van der Waals surface area contributed by atoms with Gasteiger partial charge in [0.15, 0.2) is 0 Å². The minimum absolute atomic E-state index is 0.0787. The molecule has 0 aromatic heterocycles. The zero-order chi connectivity index (χ0) is 5.70. The van der Waals surface area contributed by atoms with Crippen LogP contribution in [-0.4, -0.2) is 6.10 Å². The summed E-state index contributed by atoms with van der Waals surface area (Å²) in [5, 5.41) is 0. The Morgan fingerprint density at radius 3 is 2.57 bits per heavy atom. The Morgan fingerprint density at radius 1 is 1.86 bits per heavy atom. The van der Waals surface area contributed by atoms with E-state index in [9.17, 15) is 0 Å². The fourth-order valence-corrected chi connectivity index (χ4v) is 0.243. The van der Waals surface area contributed by atoms with E-state index in [1.807, 2.05) is 6.92 Å². The van der Waals surface area contributed by atoms with Crippen LogP contribution in [0, 0.1) is 19.0 Å². The predicted molar refractivity (Wildman–Crippen MR) is 29.4 cm³/mol. The van der Waals surface area contributed by atoms with Gasteiger partial charge >= 0.3 is 0 Å². The first-order valence-electron chi connectivity index (χ1n) is 2.20. The Hall–Kier alpha value is -0.480. The third-order valence-corrected chi connectivity index (χ3v) is 0.575. The molecular weight excluding hydrogens is 88.1 g/mol. The van der Waals surface area contributed by atoms with Gasteiger partial charge in [0, 0.05) is 0 Å². The van der Waals surface area contributed by atoms with E-state index in [-0.39, 0.29) is 6.10 Å². The number of hydrogen-bond donors (Lipinski definition) is 0. The highest BCUT2D eigenvalue weighted by molar-refractivity contribution is 4.91. The van der Waals surface area contributed by atoms with Crippen LogP contribution in [0.15, 0.2) is 0 Å². The Labute approximate surface area is 44.7 Å². The molecule has 1 atom stereocenters. The summed E-state index contributed by atoms with van der Waals surface area (Å²) in [6.07, 6.45) is 4.88. The molecule has 1 nitrogen and oxygen atoms in total. The summed E-state index contributed by atoms with van der Waals surface area (Å²) < 4.78 is 4.83. The Kier molecular flexibility index (Phi) is 3.45. The third-order valence-electron chi connectivity index (χ3n) is 0.575. The van der Waals surface area contributed by atoms with Gasteiger partial charge in [-0.1, -0.05) is 5.92 Å². The molecule has 0 saturated heterocycles. The highest BCUT2D eigenvalue weighted by Gasteiger charge is 1.88. The van der Waals surface area contributed by atoms with Crippen LogP contribution in [-0.2, 0) is 4.74 Å². The van der Waals surface area contributed by atoms with Crippen LogP contribution in [0.2, 0.25) is 0 Å². The van der Waals surface area contributed by atoms with Crippen molar-refractivity contribution in [2.24, 2.45) is 0 Å². The minimum atomic E-state index is -0.0787. The van der Waals surface area contributed by atoms with Crippen LogP contribution in [0.1, 0.15) is 13.8 Å². The topological polar surface area (TPSA) is 9.23 Å². The lowest BCUT2D eigenvalue weighted by Crippen LogP contribution is -1.99. The van der Waals surface area contributed by atoms with Crippen molar-refractivity contribution in [3.8, 4) is 12.3 Å². The SMILES string of the molecule is C#CC(C)O[CH]C. The van der Waals surface area contributed by atoms with E-state index >= 15 is 0 Å². The van der Waals surface area contributed by atoms with E-state index in [4.69, 9.17) is 11.2 Å². The molecule has 39 valence electrons. The van der Waals surface area contributed by atoms with Gasteiger partial charge < -0.3 is 4.74 Å². The monoisotopic (exact) mass is 97.1 g/mol. The average Bonchev–Trinajstić information content (AvgIpc) is 1.68. The molecule has 0 bridgehead atoms. The molecule has 0 heterocycles. The standard InChI is InChI=1S/C6H9O/c1-4-6(3)7-5-2/h1,5-6H,2-3H3. The first kappa shape index (κ1) is 6.52.